The van der Waals surface area contributed by atoms with E-state index in [4.69, 9.17) is 0 Å². The zero-order valence-corrected chi connectivity index (χ0v) is 7.13. The second-order valence-corrected chi connectivity index (χ2v) is 3.23. The Morgan fingerprint density at radius 2 is 2.09 bits per heavy atom. The van der Waals surface area contributed by atoms with Crippen molar-refractivity contribution in [1.29, 1.82) is 0 Å². The van der Waals surface area contributed by atoms with Gasteiger partial charge in [-0.25, -0.2) is 0 Å². The van der Waals surface area contributed by atoms with Gasteiger partial charge in [-0.05, 0) is 32.4 Å². The van der Waals surface area contributed by atoms with E-state index in [1.165, 1.54) is 0 Å². The molecule has 0 spiro atoms. The summed E-state index contributed by atoms with van der Waals surface area (Å²) in [5.41, 5.74) is 0.950. The van der Waals surface area contributed by atoms with Crippen molar-refractivity contribution in [2.24, 2.45) is 0 Å². The standard InChI is InChI=1S/C9H13NO/c1-7-5-4-6-10-8(7)9(2,3)11/h4-6,11H,1-3H3. The first-order valence-corrected chi connectivity index (χ1v) is 3.66. The van der Waals surface area contributed by atoms with Gasteiger partial charge in [0.2, 0.25) is 0 Å². The van der Waals surface area contributed by atoms with E-state index in [0.29, 0.717) is 0 Å². The van der Waals surface area contributed by atoms with Gasteiger partial charge in [-0.2, -0.15) is 0 Å². The van der Waals surface area contributed by atoms with Crippen LogP contribution in [0.25, 0.3) is 0 Å². The molecule has 0 saturated carbocycles. The molecular formula is C9H13NO. The highest BCUT2D eigenvalue weighted by Crippen LogP contribution is 2.19. The van der Waals surface area contributed by atoms with Crippen molar-refractivity contribution in [2.75, 3.05) is 0 Å². The summed E-state index contributed by atoms with van der Waals surface area (Å²) in [4.78, 5) is 4.10. The molecule has 0 unspecified atom stereocenters. The van der Waals surface area contributed by atoms with Crippen molar-refractivity contribution in [2.45, 2.75) is 26.4 Å². The number of nitrogens with zero attached hydrogens (tertiary/aromatic N) is 1. The van der Waals surface area contributed by atoms with Gasteiger partial charge in [0.15, 0.2) is 0 Å². The maximum absolute atomic E-state index is 9.61. The summed E-state index contributed by atoms with van der Waals surface area (Å²) in [5, 5.41) is 9.61. The van der Waals surface area contributed by atoms with Gasteiger partial charge < -0.3 is 5.11 Å². The fourth-order valence-corrected chi connectivity index (χ4v) is 1.13. The van der Waals surface area contributed by atoms with Crippen LogP contribution in [0.2, 0.25) is 0 Å². The van der Waals surface area contributed by atoms with Crippen LogP contribution in [0.15, 0.2) is 18.3 Å². The van der Waals surface area contributed by atoms with Gasteiger partial charge in [0, 0.05) is 6.20 Å². The van der Waals surface area contributed by atoms with Crippen molar-refractivity contribution in [3.05, 3.63) is 29.6 Å². The summed E-state index contributed by atoms with van der Waals surface area (Å²) in [6.45, 7) is 5.42. The summed E-state index contributed by atoms with van der Waals surface area (Å²) in [7, 11) is 0. The highest BCUT2D eigenvalue weighted by molar-refractivity contribution is 5.22. The van der Waals surface area contributed by atoms with E-state index in [-0.39, 0.29) is 0 Å². The van der Waals surface area contributed by atoms with E-state index in [1.54, 1.807) is 20.0 Å². The molecule has 0 bridgehead atoms. The topological polar surface area (TPSA) is 33.1 Å². The molecule has 60 valence electrons. The Balaban J connectivity index is 3.14. The Labute approximate surface area is 66.9 Å². The van der Waals surface area contributed by atoms with Crippen molar-refractivity contribution in [3.63, 3.8) is 0 Å². The van der Waals surface area contributed by atoms with Crippen molar-refractivity contribution < 1.29 is 5.11 Å². The van der Waals surface area contributed by atoms with E-state index in [0.717, 1.165) is 11.3 Å². The minimum atomic E-state index is -0.828. The summed E-state index contributed by atoms with van der Waals surface area (Å²) < 4.78 is 0. The van der Waals surface area contributed by atoms with Gasteiger partial charge in [0.05, 0.1) is 5.69 Å². The molecule has 0 fully saturated rings. The van der Waals surface area contributed by atoms with Crippen LogP contribution in [0.3, 0.4) is 0 Å². The Bertz CT molecular complexity index is 250. The molecule has 0 atom stereocenters. The third kappa shape index (κ3) is 1.77. The molecule has 0 saturated heterocycles. The lowest BCUT2D eigenvalue weighted by atomic mass is 10.0. The van der Waals surface area contributed by atoms with Crippen LogP contribution in [0.5, 0.6) is 0 Å². The number of aryl methyl sites for hydroxylation is 1. The molecule has 0 aromatic carbocycles. The van der Waals surface area contributed by atoms with E-state index in [9.17, 15) is 5.11 Å². The summed E-state index contributed by atoms with van der Waals surface area (Å²) in [6.07, 6.45) is 1.69. The first kappa shape index (κ1) is 8.21. The lowest BCUT2D eigenvalue weighted by molar-refractivity contribution is 0.0731. The average Bonchev–Trinajstić information content (AvgIpc) is 1.86. The number of aliphatic hydroxyl groups is 1. The molecule has 2 nitrogen and oxygen atoms in total. The molecule has 11 heavy (non-hydrogen) atoms. The van der Waals surface area contributed by atoms with Crippen LogP contribution in [0.4, 0.5) is 0 Å². The Kier molecular flexibility index (Phi) is 1.96. The first-order chi connectivity index (χ1) is 5.02. The fraction of sp³-hybridized carbons (Fsp3) is 0.444. The fourth-order valence-electron chi connectivity index (χ4n) is 1.13. The van der Waals surface area contributed by atoms with E-state index >= 15 is 0 Å². The average molecular weight is 151 g/mol. The maximum Gasteiger partial charge on any atom is 0.101 e. The predicted molar refractivity (Wildman–Crippen MR) is 44.2 cm³/mol. The van der Waals surface area contributed by atoms with Gasteiger partial charge in [0.25, 0.3) is 0 Å². The van der Waals surface area contributed by atoms with Gasteiger partial charge in [0.1, 0.15) is 5.60 Å². The van der Waals surface area contributed by atoms with Crippen LogP contribution < -0.4 is 0 Å². The Morgan fingerprint density at radius 1 is 1.45 bits per heavy atom. The molecule has 1 N–H and O–H groups in total. The van der Waals surface area contributed by atoms with Gasteiger partial charge in [-0.15, -0.1) is 0 Å². The molecule has 0 aliphatic heterocycles. The highest BCUT2D eigenvalue weighted by Gasteiger charge is 2.18. The molecular weight excluding hydrogens is 138 g/mol. The van der Waals surface area contributed by atoms with Crippen molar-refractivity contribution in [1.82, 2.24) is 4.98 Å². The molecule has 0 aliphatic carbocycles. The van der Waals surface area contributed by atoms with Crippen LogP contribution >= 0.6 is 0 Å². The molecule has 2 heteroatoms. The van der Waals surface area contributed by atoms with Gasteiger partial charge >= 0.3 is 0 Å². The minimum absolute atomic E-state index is 0.750. The number of hydrogen-bond acceptors (Lipinski definition) is 2. The third-order valence-corrected chi connectivity index (χ3v) is 1.59. The Hall–Kier alpha value is -0.890. The second-order valence-electron chi connectivity index (χ2n) is 3.23. The zero-order valence-electron chi connectivity index (χ0n) is 7.13. The lowest BCUT2D eigenvalue weighted by Gasteiger charge is -2.18. The molecule has 1 rings (SSSR count). The van der Waals surface area contributed by atoms with Gasteiger partial charge in [-0.3, -0.25) is 4.98 Å². The SMILES string of the molecule is Cc1cccnc1C(C)(C)O. The molecule has 0 aliphatic rings. The number of pyridine rings is 1. The largest absolute Gasteiger partial charge is 0.384 e. The summed E-state index contributed by atoms with van der Waals surface area (Å²) in [5.74, 6) is 0. The quantitative estimate of drug-likeness (QED) is 0.661. The zero-order chi connectivity index (χ0) is 8.48. The maximum atomic E-state index is 9.61. The van der Waals surface area contributed by atoms with Crippen LogP contribution in [0.1, 0.15) is 25.1 Å². The smallest absolute Gasteiger partial charge is 0.101 e. The van der Waals surface area contributed by atoms with Crippen LogP contribution in [-0.4, -0.2) is 10.1 Å². The van der Waals surface area contributed by atoms with E-state index < -0.39 is 5.60 Å². The van der Waals surface area contributed by atoms with Gasteiger partial charge in [-0.1, -0.05) is 6.07 Å². The highest BCUT2D eigenvalue weighted by atomic mass is 16.3. The number of aromatic nitrogens is 1. The number of rotatable bonds is 1. The molecule has 1 heterocycles. The number of hydrogen-bond donors (Lipinski definition) is 1. The lowest BCUT2D eigenvalue weighted by Crippen LogP contribution is -2.18. The van der Waals surface area contributed by atoms with E-state index in [1.807, 2.05) is 19.1 Å². The van der Waals surface area contributed by atoms with E-state index in [2.05, 4.69) is 4.98 Å². The van der Waals surface area contributed by atoms with Crippen LogP contribution in [-0.2, 0) is 5.60 Å². The normalized spacial score (nSPS) is 11.6. The molecule has 0 radical (unpaired) electrons. The van der Waals surface area contributed by atoms with Crippen molar-refractivity contribution in [3.8, 4) is 0 Å². The minimum Gasteiger partial charge on any atom is -0.384 e. The second kappa shape index (κ2) is 2.62. The first-order valence-electron chi connectivity index (χ1n) is 3.66. The molecule has 1 aromatic rings. The molecule has 0 amide bonds. The Morgan fingerprint density at radius 3 is 2.45 bits per heavy atom. The summed E-state index contributed by atoms with van der Waals surface area (Å²) in [6, 6.07) is 3.81. The van der Waals surface area contributed by atoms with Crippen molar-refractivity contribution >= 4 is 0 Å². The predicted octanol–water partition coefficient (Wildman–Crippen LogP) is 1.62. The third-order valence-electron chi connectivity index (χ3n) is 1.59. The summed E-state index contributed by atoms with van der Waals surface area (Å²) >= 11 is 0. The molecule has 1 aromatic heterocycles. The monoisotopic (exact) mass is 151 g/mol. The van der Waals surface area contributed by atoms with Crippen LogP contribution in [0, 0.1) is 6.92 Å².